The third kappa shape index (κ3) is 2.76. The number of nitrogens with zero attached hydrogens (tertiary/aromatic N) is 2. The second-order valence-corrected chi connectivity index (χ2v) is 4.82. The summed E-state index contributed by atoms with van der Waals surface area (Å²) >= 11 is 0. The number of aryl methyl sites for hydroxylation is 2. The van der Waals surface area contributed by atoms with Crippen molar-refractivity contribution in [3.05, 3.63) is 46.8 Å². The Hall–Kier alpha value is -1.95. The summed E-state index contributed by atoms with van der Waals surface area (Å²) in [4.78, 5) is 0. The molecule has 1 atom stereocenters. The normalized spacial score (nSPS) is 12.5. The van der Waals surface area contributed by atoms with Crippen LogP contribution in [-0.2, 0) is 6.54 Å². The van der Waals surface area contributed by atoms with Crippen molar-refractivity contribution in [3.63, 3.8) is 0 Å². The number of hydrogen-bond donors (Lipinski definition) is 1. The van der Waals surface area contributed by atoms with Crippen LogP contribution in [-0.4, -0.2) is 22.0 Å². The number of aliphatic hydroxyl groups excluding tert-OH is 1. The molecule has 1 N–H and O–H groups in total. The predicted octanol–water partition coefficient (Wildman–Crippen LogP) is 2.97. The molecule has 0 aliphatic heterocycles. The highest BCUT2D eigenvalue weighted by atomic mass is 19.1. The number of halogens is 2. The molecule has 6 heteroatoms. The van der Waals surface area contributed by atoms with E-state index in [1.807, 2.05) is 6.92 Å². The maximum absolute atomic E-state index is 14.2. The van der Waals surface area contributed by atoms with Gasteiger partial charge in [0, 0.05) is 6.54 Å². The van der Waals surface area contributed by atoms with Gasteiger partial charge in [0.2, 0.25) is 0 Å². The third-order valence-electron chi connectivity index (χ3n) is 3.35. The lowest BCUT2D eigenvalue weighted by molar-refractivity contribution is 0.191. The molecule has 2 aromatic rings. The van der Waals surface area contributed by atoms with Crippen LogP contribution in [0.3, 0.4) is 0 Å². The standard InChI is InChI=1S/C15H18F2N2O2/c1-4-7-19-14(11(21-3)8-18-19)15(20)12-10(16)6-5-9(2)13(12)17/h5-6,8,15,20H,4,7H2,1-3H3. The first kappa shape index (κ1) is 15.4. The van der Waals surface area contributed by atoms with Crippen molar-refractivity contribution in [2.24, 2.45) is 0 Å². The average molecular weight is 296 g/mol. The van der Waals surface area contributed by atoms with E-state index in [2.05, 4.69) is 5.10 Å². The number of benzene rings is 1. The van der Waals surface area contributed by atoms with E-state index in [-0.39, 0.29) is 16.8 Å². The highest BCUT2D eigenvalue weighted by molar-refractivity contribution is 5.38. The van der Waals surface area contributed by atoms with E-state index in [0.717, 1.165) is 12.5 Å². The quantitative estimate of drug-likeness (QED) is 0.922. The summed E-state index contributed by atoms with van der Waals surface area (Å²) in [5.41, 5.74) is 0.139. The van der Waals surface area contributed by atoms with Crippen LogP contribution >= 0.6 is 0 Å². The fraction of sp³-hybridized carbons (Fsp3) is 0.400. The molecular formula is C15H18F2N2O2. The van der Waals surface area contributed by atoms with Gasteiger partial charge in [-0.15, -0.1) is 0 Å². The highest BCUT2D eigenvalue weighted by Crippen LogP contribution is 2.33. The van der Waals surface area contributed by atoms with Crippen LogP contribution in [0.1, 0.15) is 36.3 Å². The summed E-state index contributed by atoms with van der Waals surface area (Å²) in [5, 5.41) is 14.6. The second kappa shape index (κ2) is 6.22. The predicted molar refractivity (Wildman–Crippen MR) is 74.2 cm³/mol. The maximum atomic E-state index is 14.2. The smallest absolute Gasteiger partial charge is 0.163 e. The van der Waals surface area contributed by atoms with E-state index in [4.69, 9.17) is 4.74 Å². The number of aromatic nitrogens is 2. The van der Waals surface area contributed by atoms with Crippen molar-refractivity contribution in [1.82, 2.24) is 9.78 Å². The van der Waals surface area contributed by atoms with Gasteiger partial charge in [-0.05, 0) is 25.0 Å². The van der Waals surface area contributed by atoms with Crippen LogP contribution in [0.2, 0.25) is 0 Å². The van der Waals surface area contributed by atoms with Gasteiger partial charge < -0.3 is 9.84 Å². The van der Waals surface area contributed by atoms with Crippen molar-refractivity contribution in [2.45, 2.75) is 32.9 Å². The molecular weight excluding hydrogens is 278 g/mol. The van der Waals surface area contributed by atoms with E-state index in [1.54, 1.807) is 0 Å². The molecule has 0 bridgehead atoms. The fourth-order valence-corrected chi connectivity index (χ4v) is 2.27. The molecule has 1 aromatic heterocycles. The minimum Gasteiger partial charge on any atom is -0.493 e. The van der Waals surface area contributed by atoms with Gasteiger partial charge in [-0.1, -0.05) is 13.0 Å². The van der Waals surface area contributed by atoms with Gasteiger partial charge >= 0.3 is 0 Å². The Labute approximate surface area is 122 Å². The van der Waals surface area contributed by atoms with E-state index in [9.17, 15) is 13.9 Å². The minimum atomic E-state index is -1.48. The molecule has 0 saturated carbocycles. The SMILES string of the molecule is CCCn1ncc(OC)c1C(O)c1c(F)ccc(C)c1F. The number of methoxy groups -OCH3 is 1. The molecule has 0 spiro atoms. The minimum absolute atomic E-state index is 0.253. The summed E-state index contributed by atoms with van der Waals surface area (Å²) in [7, 11) is 1.42. The van der Waals surface area contributed by atoms with Gasteiger partial charge in [0.05, 0.1) is 18.9 Å². The van der Waals surface area contributed by atoms with Crippen molar-refractivity contribution >= 4 is 0 Å². The number of hydrogen-bond acceptors (Lipinski definition) is 3. The Morgan fingerprint density at radius 2 is 2.10 bits per heavy atom. The molecule has 0 fully saturated rings. The topological polar surface area (TPSA) is 47.3 Å². The van der Waals surface area contributed by atoms with Crippen LogP contribution in [0, 0.1) is 18.6 Å². The van der Waals surface area contributed by atoms with E-state index in [1.165, 1.54) is 31.0 Å². The summed E-state index contributed by atoms with van der Waals surface area (Å²) in [6, 6.07) is 2.48. The largest absolute Gasteiger partial charge is 0.493 e. The van der Waals surface area contributed by atoms with Crippen molar-refractivity contribution in [1.29, 1.82) is 0 Å². The first-order chi connectivity index (χ1) is 10.0. The van der Waals surface area contributed by atoms with Crippen LogP contribution in [0.4, 0.5) is 8.78 Å². The number of aliphatic hydroxyl groups is 1. The lowest BCUT2D eigenvalue weighted by atomic mass is 10.0. The van der Waals surface area contributed by atoms with Crippen LogP contribution < -0.4 is 4.74 Å². The highest BCUT2D eigenvalue weighted by Gasteiger charge is 2.27. The molecule has 1 heterocycles. The van der Waals surface area contributed by atoms with Gasteiger partial charge in [-0.25, -0.2) is 8.78 Å². The molecule has 0 aliphatic carbocycles. The zero-order chi connectivity index (χ0) is 15.6. The second-order valence-electron chi connectivity index (χ2n) is 4.82. The van der Waals surface area contributed by atoms with Gasteiger partial charge in [0.1, 0.15) is 23.4 Å². The van der Waals surface area contributed by atoms with Gasteiger partial charge in [-0.2, -0.15) is 5.10 Å². The molecule has 0 amide bonds. The van der Waals surface area contributed by atoms with Crippen molar-refractivity contribution in [3.8, 4) is 5.75 Å². The molecule has 114 valence electrons. The van der Waals surface area contributed by atoms with E-state index < -0.39 is 17.7 Å². The fourth-order valence-electron chi connectivity index (χ4n) is 2.27. The Morgan fingerprint density at radius 3 is 2.71 bits per heavy atom. The monoisotopic (exact) mass is 296 g/mol. The van der Waals surface area contributed by atoms with Gasteiger partial charge in [0.25, 0.3) is 0 Å². The zero-order valence-electron chi connectivity index (χ0n) is 12.2. The molecule has 1 aromatic carbocycles. The summed E-state index contributed by atoms with van der Waals surface area (Å²) < 4.78 is 34.8. The number of rotatable bonds is 5. The molecule has 21 heavy (non-hydrogen) atoms. The zero-order valence-corrected chi connectivity index (χ0v) is 12.2. The van der Waals surface area contributed by atoms with E-state index in [0.29, 0.717) is 12.3 Å². The van der Waals surface area contributed by atoms with Crippen molar-refractivity contribution < 1.29 is 18.6 Å². The molecule has 0 radical (unpaired) electrons. The number of ether oxygens (including phenoxy) is 1. The van der Waals surface area contributed by atoms with Gasteiger partial charge in [-0.3, -0.25) is 4.68 Å². The Kier molecular flexibility index (Phi) is 4.57. The van der Waals surface area contributed by atoms with Crippen molar-refractivity contribution in [2.75, 3.05) is 7.11 Å². The molecule has 1 unspecified atom stereocenters. The average Bonchev–Trinajstić information content (AvgIpc) is 2.86. The van der Waals surface area contributed by atoms with Crippen LogP contribution in [0.25, 0.3) is 0 Å². The van der Waals surface area contributed by atoms with E-state index >= 15 is 0 Å². The maximum Gasteiger partial charge on any atom is 0.163 e. The summed E-state index contributed by atoms with van der Waals surface area (Å²) in [6.45, 7) is 3.98. The lowest BCUT2D eigenvalue weighted by Gasteiger charge is -2.17. The first-order valence-corrected chi connectivity index (χ1v) is 6.73. The van der Waals surface area contributed by atoms with Gasteiger partial charge in [0.15, 0.2) is 5.75 Å². The van der Waals surface area contributed by atoms with Crippen LogP contribution in [0.15, 0.2) is 18.3 Å². The summed E-state index contributed by atoms with van der Waals surface area (Å²) in [5.74, 6) is -1.25. The molecule has 4 nitrogen and oxygen atoms in total. The first-order valence-electron chi connectivity index (χ1n) is 6.73. The molecule has 0 saturated heterocycles. The third-order valence-corrected chi connectivity index (χ3v) is 3.35. The Bertz CT molecular complexity index is 641. The lowest BCUT2D eigenvalue weighted by Crippen LogP contribution is -2.14. The summed E-state index contributed by atoms with van der Waals surface area (Å²) in [6.07, 6.45) is 0.720. The van der Waals surface area contributed by atoms with Crippen LogP contribution in [0.5, 0.6) is 5.75 Å². The molecule has 0 aliphatic rings. The molecule has 2 rings (SSSR count). The Balaban J connectivity index is 2.57. The Morgan fingerprint density at radius 1 is 1.38 bits per heavy atom.